The van der Waals surface area contributed by atoms with Crippen molar-refractivity contribution in [3.05, 3.63) is 59.2 Å². The van der Waals surface area contributed by atoms with E-state index in [-0.39, 0.29) is 6.10 Å². The molecule has 0 spiro atoms. The van der Waals surface area contributed by atoms with E-state index in [1.54, 1.807) is 47.5 Å². The molecule has 0 aromatic heterocycles. The van der Waals surface area contributed by atoms with Crippen LogP contribution in [0.3, 0.4) is 0 Å². The lowest BCUT2D eigenvalue weighted by Crippen LogP contribution is -2.26. The Bertz CT molecular complexity index is 1460. The van der Waals surface area contributed by atoms with Crippen LogP contribution < -0.4 is 42.6 Å². The van der Waals surface area contributed by atoms with Gasteiger partial charge in [-0.1, -0.05) is 12.2 Å². The first kappa shape index (κ1) is 36.5. The molecular formula is C36H46O11. The summed E-state index contributed by atoms with van der Waals surface area (Å²) in [7, 11) is 10.8. The maximum absolute atomic E-state index is 12.2. The molecule has 47 heavy (non-hydrogen) atoms. The molecule has 11 heteroatoms. The van der Waals surface area contributed by atoms with E-state index in [1.165, 1.54) is 28.3 Å². The molecule has 3 atom stereocenters. The van der Waals surface area contributed by atoms with Crippen LogP contribution in [0.4, 0.5) is 0 Å². The lowest BCUT2D eigenvalue weighted by atomic mass is 10.0. The topological polar surface area (TPSA) is 109 Å². The van der Waals surface area contributed by atoms with Gasteiger partial charge >= 0.3 is 5.97 Å². The first-order valence-corrected chi connectivity index (χ1v) is 15.0. The molecule has 3 aromatic carbocycles. The normalized spacial score (nSPS) is 12.8. The van der Waals surface area contributed by atoms with E-state index in [9.17, 15) is 4.79 Å². The summed E-state index contributed by atoms with van der Waals surface area (Å²) in [6.45, 7) is 7.00. The van der Waals surface area contributed by atoms with Gasteiger partial charge in [0.2, 0.25) is 17.2 Å². The molecule has 3 aromatic rings. The highest BCUT2D eigenvalue weighted by atomic mass is 16.6. The van der Waals surface area contributed by atoms with E-state index in [0.29, 0.717) is 63.7 Å². The number of hydrogen-bond acceptors (Lipinski definition) is 11. The van der Waals surface area contributed by atoms with E-state index in [2.05, 4.69) is 0 Å². The molecule has 0 aliphatic rings. The zero-order valence-electron chi connectivity index (χ0n) is 29.0. The van der Waals surface area contributed by atoms with Gasteiger partial charge in [0.15, 0.2) is 40.6 Å². The Hall–Kier alpha value is -4.93. The number of esters is 1. The molecule has 0 unspecified atom stereocenters. The molecule has 0 fully saturated rings. The van der Waals surface area contributed by atoms with Gasteiger partial charge in [-0.25, -0.2) is 0 Å². The number of methoxy groups -OCH3 is 7. The zero-order valence-corrected chi connectivity index (χ0v) is 29.0. The molecule has 0 amide bonds. The number of ether oxygens (including phenoxy) is 10. The zero-order chi connectivity index (χ0) is 34.7. The van der Waals surface area contributed by atoms with Gasteiger partial charge in [0.1, 0.15) is 12.2 Å². The molecule has 11 nitrogen and oxygen atoms in total. The van der Waals surface area contributed by atoms with Crippen LogP contribution in [0.2, 0.25) is 0 Å². The van der Waals surface area contributed by atoms with Crippen LogP contribution in [-0.4, -0.2) is 67.9 Å². The van der Waals surface area contributed by atoms with E-state index in [4.69, 9.17) is 47.4 Å². The summed E-state index contributed by atoms with van der Waals surface area (Å²) < 4.78 is 57.7. The van der Waals surface area contributed by atoms with Crippen LogP contribution in [0.25, 0.3) is 6.08 Å². The van der Waals surface area contributed by atoms with E-state index >= 15 is 0 Å². The fourth-order valence-corrected chi connectivity index (χ4v) is 5.18. The van der Waals surface area contributed by atoms with Crippen LogP contribution >= 0.6 is 0 Å². The third-order valence-electron chi connectivity index (χ3n) is 7.24. The van der Waals surface area contributed by atoms with Crippen LogP contribution in [0.15, 0.2) is 42.5 Å². The van der Waals surface area contributed by atoms with Crippen molar-refractivity contribution >= 4 is 12.0 Å². The van der Waals surface area contributed by atoms with Gasteiger partial charge in [0.25, 0.3) is 0 Å². The Morgan fingerprint density at radius 3 is 1.51 bits per heavy atom. The molecule has 0 aliphatic carbocycles. The minimum absolute atomic E-state index is 0.293. The van der Waals surface area contributed by atoms with Gasteiger partial charge in [-0.3, -0.25) is 4.79 Å². The summed E-state index contributed by atoms with van der Waals surface area (Å²) in [5.74, 6) is 3.56. The monoisotopic (exact) mass is 654 g/mol. The number of benzene rings is 3. The first-order chi connectivity index (χ1) is 22.6. The highest BCUT2D eigenvalue weighted by Crippen LogP contribution is 2.45. The van der Waals surface area contributed by atoms with Crippen LogP contribution in [0, 0.1) is 0 Å². The number of carbonyl (C=O) groups excluding carboxylic acids is 1. The Labute approximate surface area is 277 Å². The predicted octanol–water partition coefficient (Wildman–Crippen LogP) is 6.86. The number of allylic oxidation sites excluding steroid dienone is 1. The summed E-state index contributed by atoms with van der Waals surface area (Å²) in [5, 5.41) is 0. The summed E-state index contributed by atoms with van der Waals surface area (Å²) >= 11 is 0. The van der Waals surface area contributed by atoms with Crippen LogP contribution in [0.1, 0.15) is 50.5 Å². The molecular weight excluding hydrogens is 608 g/mol. The van der Waals surface area contributed by atoms with Crippen molar-refractivity contribution in [2.75, 3.05) is 49.8 Å². The van der Waals surface area contributed by atoms with Crippen LogP contribution in [0.5, 0.6) is 51.7 Å². The lowest BCUT2D eigenvalue weighted by Gasteiger charge is -2.27. The minimum atomic E-state index is -0.854. The van der Waals surface area contributed by atoms with Crippen molar-refractivity contribution < 1.29 is 52.2 Å². The molecule has 256 valence electrons. The quantitative estimate of drug-likeness (QED) is 0.142. The van der Waals surface area contributed by atoms with E-state index in [1.807, 2.05) is 50.3 Å². The third-order valence-corrected chi connectivity index (χ3v) is 7.24. The van der Waals surface area contributed by atoms with Gasteiger partial charge in [0.05, 0.1) is 49.8 Å². The molecule has 0 saturated heterocycles. The average molecular weight is 655 g/mol. The first-order valence-electron chi connectivity index (χ1n) is 15.0. The van der Waals surface area contributed by atoms with Gasteiger partial charge in [-0.15, -0.1) is 0 Å². The van der Waals surface area contributed by atoms with Crippen molar-refractivity contribution in [3.63, 3.8) is 0 Å². The van der Waals surface area contributed by atoms with E-state index in [0.717, 1.165) is 11.1 Å². The SMILES string of the molecule is CC=Cc1cc(OC)c(O[C@@H](C)Cc2cc(OC)c(O[C@H](C)[C@@H](OC(C)=O)c3cc(OC)c(OC)c(OC)c3)c(OC)c2)c(OC)c1. The largest absolute Gasteiger partial charge is 0.493 e. The van der Waals surface area contributed by atoms with Crippen molar-refractivity contribution in [3.8, 4) is 51.7 Å². The number of rotatable bonds is 17. The van der Waals surface area contributed by atoms with Crippen molar-refractivity contribution in [2.24, 2.45) is 0 Å². The predicted molar refractivity (Wildman–Crippen MR) is 178 cm³/mol. The summed E-state index contributed by atoms with van der Waals surface area (Å²) in [4.78, 5) is 12.2. The second kappa shape index (κ2) is 17.1. The van der Waals surface area contributed by atoms with Gasteiger partial charge in [-0.2, -0.15) is 0 Å². The molecule has 0 N–H and O–H groups in total. The number of carbonyl (C=O) groups is 1. The Kier molecular flexibility index (Phi) is 13.3. The van der Waals surface area contributed by atoms with Gasteiger partial charge in [0, 0.05) is 18.9 Å². The standard InChI is InChI=1S/C36H46O11/c1-12-13-24-15-27(38-5)35(28(16-24)39-6)45-21(2)14-25-17-29(40-7)36(30(18-25)41-8)46-22(3)33(47-23(4)37)26-19-31(42-9)34(44-11)32(20-26)43-10/h12-13,15-22,33H,14H2,1-11H3/t21-,22+,33+/m0/s1. The Morgan fingerprint density at radius 2 is 1.09 bits per heavy atom. The second-order valence-corrected chi connectivity index (χ2v) is 10.5. The average Bonchev–Trinajstić information content (AvgIpc) is 3.06. The smallest absolute Gasteiger partial charge is 0.303 e. The third kappa shape index (κ3) is 8.87. The van der Waals surface area contributed by atoms with E-state index < -0.39 is 18.2 Å². The highest BCUT2D eigenvalue weighted by molar-refractivity contribution is 5.67. The molecule has 0 heterocycles. The molecule has 0 saturated carbocycles. The van der Waals surface area contributed by atoms with Crippen LogP contribution in [-0.2, 0) is 16.0 Å². The fourth-order valence-electron chi connectivity index (χ4n) is 5.18. The Balaban J connectivity index is 1.94. The Morgan fingerprint density at radius 1 is 0.638 bits per heavy atom. The molecule has 0 bridgehead atoms. The lowest BCUT2D eigenvalue weighted by molar-refractivity contribution is -0.151. The van der Waals surface area contributed by atoms with Gasteiger partial charge < -0.3 is 47.4 Å². The van der Waals surface area contributed by atoms with Crippen molar-refractivity contribution in [2.45, 2.75) is 52.4 Å². The molecule has 0 radical (unpaired) electrons. The minimum Gasteiger partial charge on any atom is -0.493 e. The number of hydrogen-bond donors (Lipinski definition) is 0. The van der Waals surface area contributed by atoms with Crippen molar-refractivity contribution in [1.29, 1.82) is 0 Å². The maximum atomic E-state index is 12.2. The molecule has 0 aliphatic heterocycles. The second-order valence-electron chi connectivity index (χ2n) is 10.5. The van der Waals surface area contributed by atoms with Crippen molar-refractivity contribution in [1.82, 2.24) is 0 Å². The maximum Gasteiger partial charge on any atom is 0.303 e. The summed E-state index contributed by atoms with van der Waals surface area (Å²) in [6.07, 6.45) is 2.54. The summed E-state index contributed by atoms with van der Waals surface area (Å²) in [5.41, 5.74) is 2.38. The van der Waals surface area contributed by atoms with Gasteiger partial charge in [-0.05, 0) is 68.3 Å². The highest BCUT2D eigenvalue weighted by Gasteiger charge is 2.30. The fraction of sp³-hybridized carbons (Fsp3) is 0.417. The summed E-state index contributed by atoms with van der Waals surface area (Å²) in [6, 6.07) is 10.9. The molecule has 3 rings (SSSR count).